The molecule has 0 amide bonds. The first kappa shape index (κ1) is 57.7. The number of fused-ring (bicyclic) bond motifs is 5. The summed E-state index contributed by atoms with van der Waals surface area (Å²) in [5.41, 5.74) is 7.75. The number of aromatic nitrogens is 1. The molecule has 5 saturated heterocycles. The van der Waals surface area contributed by atoms with Crippen LogP contribution >= 0.6 is 11.3 Å². The standard InChI is InChI=1S/C29H32O13.C27H42N2O6S/c1-11-36-9-20-27(40-11)24(31)25(32)29(41-20)42-26-14-7-17-16(38-10-39-17)6-13(14)21(22-15(26)8-37-28(22)33)12-4-18(34-2)23(30)19(5-12)35-3;1-15-8-7-9-27(6)21(35-27)11-19(16(2)10-18-14-36-22(13-28)29-18)34-23(31)12-20(30)26(4,5)25(33)17(3)24(15)32/h4-7,11,15,20-22,24-27,29-32H,8-10H2,1-3H3;10,14-15,17,19-21,24,30,32H,7-9,11-13,28H2,1-6H3/b;16-10+/t11-,15+,20-,21-,22+,24-,25-,26-,27-,29?;15-,17+,19-,20-,21-,24-,27+/m10/s1. The van der Waals surface area contributed by atoms with Crippen LogP contribution in [0.3, 0.4) is 0 Å². The molecule has 0 bridgehead atoms. The smallest absolute Gasteiger partial charge is 0.310 e. The van der Waals surface area contributed by atoms with Gasteiger partial charge in [0.25, 0.3) is 0 Å². The molecule has 2 aromatic carbocycles. The number of phenols is 1. The van der Waals surface area contributed by atoms with Gasteiger partial charge in [-0.3, -0.25) is 14.4 Å². The van der Waals surface area contributed by atoms with Crippen LogP contribution in [-0.4, -0.2) is 149 Å². The SMILES string of the molecule is C/C(=C\c1csc(CN)n1)[C@@H]1C[C@@H]2O[C@]2(C)CCC[C@H](C)[C@H](O)[C@@H](C)C(=O)C(C)(C)[C@@H](O)CC(=O)O1.COc1cc([C@@H]2c3cc4c(cc3[C@@H](OC3O[C@@H]5CO[C@@H](C)O[C@H]5[C@H](O)[C@H]3O)[C@H]3COC(=O)[C@H]23)OCO4)cc(OC)c1O. The molecule has 17 atom stereocenters. The van der Waals surface area contributed by atoms with Crippen LogP contribution in [0.25, 0.3) is 6.08 Å². The molecular weight excluding hydrogens is 1040 g/mol. The number of carbonyl (C=O) groups excluding carboxylic acids is 3. The van der Waals surface area contributed by atoms with Gasteiger partial charge in [0.05, 0.1) is 80.9 Å². The van der Waals surface area contributed by atoms with Crippen molar-refractivity contribution in [3.8, 4) is 28.7 Å². The fourth-order valence-corrected chi connectivity index (χ4v) is 12.5. The number of methoxy groups -OCH3 is 2. The van der Waals surface area contributed by atoms with Gasteiger partial charge in [-0.2, -0.15) is 0 Å². The first-order chi connectivity index (χ1) is 37.1. The summed E-state index contributed by atoms with van der Waals surface area (Å²) in [5, 5.41) is 57.0. The van der Waals surface area contributed by atoms with Crippen LogP contribution in [0.1, 0.15) is 120 Å². The molecule has 7 heterocycles. The van der Waals surface area contributed by atoms with Crippen molar-refractivity contribution in [2.45, 2.75) is 166 Å². The van der Waals surface area contributed by atoms with E-state index in [2.05, 4.69) is 11.9 Å². The van der Waals surface area contributed by atoms with Crippen molar-refractivity contribution in [2.24, 2.45) is 34.8 Å². The van der Waals surface area contributed by atoms with E-state index in [-0.39, 0.29) is 67.1 Å². The van der Waals surface area contributed by atoms with E-state index < -0.39 is 102 Å². The lowest BCUT2D eigenvalue weighted by molar-refractivity contribution is -0.364. The molecular formula is C56H74N2O19S. The number of aromatic hydroxyl groups is 1. The molecule has 3 aromatic rings. The van der Waals surface area contributed by atoms with Crippen LogP contribution < -0.4 is 24.7 Å². The highest BCUT2D eigenvalue weighted by Gasteiger charge is 2.57. The van der Waals surface area contributed by atoms with Gasteiger partial charge in [0, 0.05) is 36.1 Å². The monoisotopic (exact) mass is 1110 g/mol. The Kier molecular flexibility index (Phi) is 17.2. The second kappa shape index (κ2) is 23.2. The van der Waals surface area contributed by atoms with Gasteiger partial charge in [-0.25, -0.2) is 4.98 Å². The lowest BCUT2D eigenvalue weighted by atomic mass is 9.66. The summed E-state index contributed by atoms with van der Waals surface area (Å²) in [5.74, 6) is -2.62. The van der Waals surface area contributed by atoms with Crippen LogP contribution in [0.5, 0.6) is 28.7 Å². The number of cyclic esters (lactones) is 2. The first-order valence-corrected chi connectivity index (χ1v) is 27.5. The number of nitrogens with two attached hydrogens (primary N) is 1. The number of nitrogens with zero attached hydrogens (tertiary/aromatic N) is 1. The molecule has 6 aliphatic heterocycles. The highest BCUT2D eigenvalue weighted by Crippen LogP contribution is 2.57. The predicted molar refractivity (Wildman–Crippen MR) is 277 cm³/mol. The highest BCUT2D eigenvalue weighted by atomic mass is 32.1. The van der Waals surface area contributed by atoms with E-state index in [0.29, 0.717) is 41.2 Å². The molecule has 22 heteroatoms. The fraction of sp³-hybridized carbons (Fsp3) is 0.643. The van der Waals surface area contributed by atoms with Crippen LogP contribution in [0.2, 0.25) is 0 Å². The zero-order valence-corrected chi connectivity index (χ0v) is 46.3. The van der Waals surface area contributed by atoms with Crippen LogP contribution in [0.15, 0.2) is 35.2 Å². The molecule has 0 saturated carbocycles. The number of Topliss-reactive ketones (excluding diaryl/α,β-unsaturated/α-hetero) is 1. The number of hydrogen-bond acceptors (Lipinski definition) is 22. The maximum Gasteiger partial charge on any atom is 0.310 e. The van der Waals surface area contributed by atoms with Crippen molar-refractivity contribution in [1.82, 2.24) is 4.98 Å². The topological polar surface area (TPSA) is 296 Å². The maximum atomic E-state index is 13.4. The number of ketones is 1. The minimum absolute atomic E-state index is 0.0301. The maximum absolute atomic E-state index is 13.4. The van der Waals surface area contributed by atoms with E-state index in [1.807, 2.05) is 25.3 Å². The van der Waals surface area contributed by atoms with E-state index in [9.17, 15) is 39.9 Å². The highest BCUT2D eigenvalue weighted by molar-refractivity contribution is 7.09. The largest absolute Gasteiger partial charge is 0.502 e. The lowest BCUT2D eigenvalue weighted by Gasteiger charge is -2.47. The van der Waals surface area contributed by atoms with Crippen molar-refractivity contribution in [3.05, 3.63) is 62.6 Å². The Morgan fingerprint density at radius 1 is 0.910 bits per heavy atom. The third-order valence-electron chi connectivity index (χ3n) is 16.8. The number of thiazole rings is 1. The molecule has 7 aliphatic rings. The molecule has 0 spiro atoms. The van der Waals surface area contributed by atoms with Gasteiger partial charge >= 0.3 is 11.9 Å². The minimum Gasteiger partial charge on any atom is -0.502 e. The molecule has 428 valence electrons. The Morgan fingerprint density at radius 2 is 1.60 bits per heavy atom. The van der Waals surface area contributed by atoms with Gasteiger partial charge in [0.2, 0.25) is 12.5 Å². The molecule has 1 aliphatic carbocycles. The summed E-state index contributed by atoms with van der Waals surface area (Å²) in [6.45, 7) is 13.1. The van der Waals surface area contributed by atoms with E-state index >= 15 is 0 Å². The van der Waals surface area contributed by atoms with Gasteiger partial charge in [-0.1, -0.05) is 34.1 Å². The van der Waals surface area contributed by atoms with Gasteiger partial charge in [-0.15, -0.1) is 11.3 Å². The number of aliphatic hydroxyl groups is 4. The van der Waals surface area contributed by atoms with Crippen molar-refractivity contribution in [3.63, 3.8) is 0 Å². The molecule has 21 nitrogen and oxygen atoms in total. The Balaban J connectivity index is 0.000000192. The van der Waals surface area contributed by atoms with Crippen molar-refractivity contribution < 1.29 is 92.0 Å². The van der Waals surface area contributed by atoms with Gasteiger partial charge in [0.1, 0.15) is 41.3 Å². The Labute approximate surface area is 457 Å². The Hall–Kier alpha value is -4.98. The number of ether oxygens (including phenoxy) is 11. The Bertz CT molecular complexity index is 2690. The third-order valence-corrected chi connectivity index (χ3v) is 17.7. The summed E-state index contributed by atoms with van der Waals surface area (Å²) >= 11 is 1.48. The first-order valence-electron chi connectivity index (χ1n) is 26.7. The second-order valence-electron chi connectivity index (χ2n) is 22.3. The number of benzene rings is 2. The summed E-state index contributed by atoms with van der Waals surface area (Å²) in [6, 6.07) is 6.93. The lowest BCUT2D eigenvalue weighted by Crippen LogP contribution is -2.63. The zero-order chi connectivity index (χ0) is 56.1. The molecule has 5 fully saturated rings. The Morgan fingerprint density at radius 3 is 2.27 bits per heavy atom. The van der Waals surface area contributed by atoms with Gasteiger partial charge < -0.3 is 83.4 Å². The molecule has 7 N–H and O–H groups in total. The molecule has 1 aromatic heterocycles. The summed E-state index contributed by atoms with van der Waals surface area (Å²) in [7, 11) is 2.86. The summed E-state index contributed by atoms with van der Waals surface area (Å²) in [4.78, 5) is 44.0. The number of rotatable bonds is 8. The van der Waals surface area contributed by atoms with E-state index in [0.717, 1.165) is 35.5 Å². The van der Waals surface area contributed by atoms with Crippen molar-refractivity contribution >= 4 is 35.1 Å². The second-order valence-corrected chi connectivity index (χ2v) is 23.3. The molecule has 78 heavy (non-hydrogen) atoms. The van der Waals surface area contributed by atoms with Crippen LogP contribution in [0, 0.1) is 29.1 Å². The van der Waals surface area contributed by atoms with Crippen LogP contribution in [-0.2, 0) is 54.1 Å². The normalized spacial score (nSPS) is 36.6. The number of hydrogen-bond donors (Lipinski definition) is 6. The number of esters is 2. The van der Waals surface area contributed by atoms with Crippen molar-refractivity contribution in [1.29, 1.82) is 0 Å². The summed E-state index contributed by atoms with van der Waals surface area (Å²) in [6.07, 6.45) is -5.00. The predicted octanol–water partition coefficient (Wildman–Crippen LogP) is 4.97. The van der Waals surface area contributed by atoms with E-state index in [1.165, 1.54) is 25.6 Å². The number of epoxide rings is 1. The van der Waals surface area contributed by atoms with Gasteiger partial charge in [-0.05, 0) is 92.1 Å². The number of carbonyl (C=O) groups is 3. The number of aliphatic hydroxyl groups excluding tert-OH is 4. The van der Waals surface area contributed by atoms with Crippen molar-refractivity contribution in [2.75, 3.05) is 34.2 Å². The molecule has 10 rings (SSSR count). The van der Waals surface area contributed by atoms with E-state index in [1.54, 1.807) is 52.0 Å². The van der Waals surface area contributed by atoms with Gasteiger partial charge in [0.15, 0.2) is 35.6 Å². The number of phenolic OH excluding ortho intramolecular Hbond substituents is 1. The minimum atomic E-state index is -1.44. The molecule has 1 unspecified atom stereocenters. The quantitative estimate of drug-likeness (QED) is 0.128. The average Bonchev–Trinajstić information content (AvgIpc) is 4.00. The van der Waals surface area contributed by atoms with Crippen LogP contribution in [0.4, 0.5) is 0 Å². The zero-order valence-electron chi connectivity index (χ0n) is 45.5. The molecule has 0 radical (unpaired) electrons. The fourth-order valence-electron chi connectivity index (χ4n) is 11.8. The average molecular weight is 1110 g/mol. The summed E-state index contributed by atoms with van der Waals surface area (Å²) < 4.78 is 63.5. The third kappa shape index (κ3) is 11.5. The van der Waals surface area contributed by atoms with E-state index in [4.69, 9.17) is 57.8 Å².